The van der Waals surface area contributed by atoms with Crippen molar-refractivity contribution in [1.82, 2.24) is 30.4 Å². The van der Waals surface area contributed by atoms with Gasteiger partial charge in [0.2, 0.25) is 0 Å². The monoisotopic (exact) mass is 763 g/mol. The number of aryl methyl sites for hydroxylation is 1. The molecular formula is C45H42ClN7O3. The lowest BCUT2D eigenvalue weighted by atomic mass is 9.74. The molecule has 3 aliphatic rings. The predicted octanol–water partition coefficient (Wildman–Crippen LogP) is 8.02. The molecule has 2 aromatic heterocycles. The number of fused-ring (bicyclic) bond motifs is 5. The van der Waals surface area contributed by atoms with Crippen molar-refractivity contribution in [3.63, 3.8) is 0 Å². The molecule has 2 N–H and O–H groups in total. The third-order valence-electron chi connectivity index (χ3n) is 11.1. The molecule has 1 aliphatic heterocycles. The lowest BCUT2D eigenvalue weighted by Gasteiger charge is -2.30. The number of hydrogen-bond donors (Lipinski definition) is 2. The maximum Gasteiger partial charge on any atom is 0.256 e. The SMILES string of the molecule is COc1ccc(CNc2nc(-c3ccc4cc(C5CC=CC6=C5CCc5c6ccc6ccccc56)nnc4c3)ncc2C(=O)NCCN2CCOCC2)cc1Cl. The topological polar surface area (TPSA) is 114 Å². The lowest BCUT2D eigenvalue weighted by Crippen LogP contribution is -2.41. The number of benzene rings is 4. The third kappa shape index (κ3) is 7.23. The van der Waals surface area contributed by atoms with E-state index in [1.54, 1.807) is 13.3 Å². The van der Waals surface area contributed by atoms with Crippen molar-refractivity contribution >= 4 is 50.6 Å². The molecule has 4 aromatic carbocycles. The van der Waals surface area contributed by atoms with E-state index in [1.807, 2.05) is 30.3 Å². The van der Waals surface area contributed by atoms with Gasteiger partial charge in [0.1, 0.15) is 17.1 Å². The van der Waals surface area contributed by atoms with E-state index in [0.29, 0.717) is 54.3 Å². The summed E-state index contributed by atoms with van der Waals surface area (Å²) >= 11 is 6.42. The average Bonchev–Trinajstić information content (AvgIpc) is 3.25. The van der Waals surface area contributed by atoms with Gasteiger partial charge >= 0.3 is 0 Å². The lowest BCUT2D eigenvalue weighted by molar-refractivity contribution is 0.0383. The minimum absolute atomic E-state index is 0.177. The molecule has 10 nitrogen and oxygen atoms in total. The number of halogens is 1. The van der Waals surface area contributed by atoms with Gasteiger partial charge in [-0.1, -0.05) is 83.9 Å². The molecule has 0 radical (unpaired) electrons. The summed E-state index contributed by atoms with van der Waals surface area (Å²) in [4.78, 5) is 25.3. The van der Waals surface area contributed by atoms with Crippen LogP contribution in [0.4, 0.5) is 5.82 Å². The number of methoxy groups -OCH3 is 1. The van der Waals surface area contributed by atoms with Crippen molar-refractivity contribution in [3.05, 3.63) is 136 Å². The number of aromatic nitrogens is 4. The van der Waals surface area contributed by atoms with E-state index in [4.69, 9.17) is 36.3 Å². The number of carbonyl (C=O) groups is 1. The molecule has 0 spiro atoms. The smallest absolute Gasteiger partial charge is 0.256 e. The number of hydrogen-bond acceptors (Lipinski definition) is 9. The maximum atomic E-state index is 13.5. The van der Waals surface area contributed by atoms with E-state index in [0.717, 1.165) is 66.6 Å². The first kappa shape index (κ1) is 36.0. The molecule has 3 heterocycles. The number of rotatable bonds is 10. The Morgan fingerprint density at radius 3 is 2.73 bits per heavy atom. The number of allylic oxidation sites excluding steroid dienone is 4. The predicted molar refractivity (Wildman–Crippen MR) is 221 cm³/mol. The summed E-state index contributed by atoms with van der Waals surface area (Å²) in [6, 6.07) is 27.0. The number of morpholine rings is 1. The van der Waals surface area contributed by atoms with Crippen LogP contribution in [0.5, 0.6) is 5.75 Å². The Morgan fingerprint density at radius 2 is 1.86 bits per heavy atom. The molecule has 0 saturated carbocycles. The summed E-state index contributed by atoms with van der Waals surface area (Å²) in [6.07, 6.45) is 9.09. The number of amides is 1. The van der Waals surface area contributed by atoms with Crippen molar-refractivity contribution in [2.24, 2.45) is 0 Å². The Hall–Kier alpha value is -5.68. The fourth-order valence-electron chi connectivity index (χ4n) is 8.18. The Labute approximate surface area is 330 Å². The second kappa shape index (κ2) is 15.8. The first-order valence-electron chi connectivity index (χ1n) is 19.2. The van der Waals surface area contributed by atoms with Gasteiger partial charge in [-0.05, 0) is 76.6 Å². The largest absolute Gasteiger partial charge is 0.495 e. The van der Waals surface area contributed by atoms with Gasteiger partial charge in [-0.25, -0.2) is 9.97 Å². The minimum Gasteiger partial charge on any atom is -0.495 e. The number of carbonyl (C=O) groups excluding carboxylic acids is 1. The second-order valence-electron chi connectivity index (χ2n) is 14.5. The van der Waals surface area contributed by atoms with Crippen molar-refractivity contribution in [2.45, 2.75) is 31.7 Å². The zero-order valence-corrected chi connectivity index (χ0v) is 32.0. The second-order valence-corrected chi connectivity index (χ2v) is 14.9. The van der Waals surface area contributed by atoms with Crippen molar-refractivity contribution in [2.75, 3.05) is 51.8 Å². The third-order valence-corrected chi connectivity index (χ3v) is 11.4. The minimum atomic E-state index is -0.248. The summed E-state index contributed by atoms with van der Waals surface area (Å²) in [5.41, 5.74) is 9.32. The molecule has 1 saturated heterocycles. The van der Waals surface area contributed by atoms with Crippen LogP contribution >= 0.6 is 11.6 Å². The van der Waals surface area contributed by atoms with E-state index in [2.05, 4.69) is 81.2 Å². The summed E-state index contributed by atoms with van der Waals surface area (Å²) < 4.78 is 10.8. The van der Waals surface area contributed by atoms with Gasteiger partial charge in [0.25, 0.3) is 5.91 Å². The van der Waals surface area contributed by atoms with Crippen molar-refractivity contribution in [1.29, 1.82) is 0 Å². The fraction of sp³-hybridized carbons (Fsp3) is 0.267. The van der Waals surface area contributed by atoms with Crippen LogP contribution < -0.4 is 15.4 Å². The first-order valence-corrected chi connectivity index (χ1v) is 19.6. The number of nitrogens with zero attached hydrogens (tertiary/aromatic N) is 5. The van der Waals surface area contributed by atoms with Crippen LogP contribution in [-0.2, 0) is 17.7 Å². The zero-order valence-electron chi connectivity index (χ0n) is 31.2. The van der Waals surface area contributed by atoms with Gasteiger partial charge in [-0.15, -0.1) is 0 Å². The normalized spacial score (nSPS) is 16.8. The average molecular weight is 764 g/mol. The Balaban J connectivity index is 0.977. The highest BCUT2D eigenvalue weighted by Crippen LogP contribution is 2.45. The summed E-state index contributed by atoms with van der Waals surface area (Å²) in [7, 11) is 1.58. The molecule has 11 heteroatoms. The van der Waals surface area contributed by atoms with Gasteiger partial charge in [0.05, 0.1) is 36.6 Å². The molecule has 1 unspecified atom stereocenters. The van der Waals surface area contributed by atoms with Gasteiger partial charge < -0.3 is 20.1 Å². The van der Waals surface area contributed by atoms with Crippen LogP contribution in [0.1, 0.15) is 51.5 Å². The van der Waals surface area contributed by atoms with E-state index in [-0.39, 0.29) is 11.8 Å². The molecular weight excluding hydrogens is 722 g/mol. The molecule has 2 aliphatic carbocycles. The van der Waals surface area contributed by atoms with Crippen molar-refractivity contribution in [3.8, 4) is 17.1 Å². The van der Waals surface area contributed by atoms with Crippen LogP contribution in [0.3, 0.4) is 0 Å². The van der Waals surface area contributed by atoms with Crippen molar-refractivity contribution < 1.29 is 14.3 Å². The Kier molecular flexibility index (Phi) is 10.2. The van der Waals surface area contributed by atoms with Gasteiger partial charge in [0.15, 0.2) is 5.82 Å². The van der Waals surface area contributed by atoms with Crippen LogP contribution in [0.2, 0.25) is 5.02 Å². The molecule has 6 aromatic rings. The van der Waals surface area contributed by atoms with Crippen LogP contribution in [0.15, 0.2) is 103 Å². The van der Waals surface area contributed by atoms with E-state index in [9.17, 15) is 4.79 Å². The highest BCUT2D eigenvalue weighted by molar-refractivity contribution is 6.32. The van der Waals surface area contributed by atoms with Crippen LogP contribution in [-0.4, -0.2) is 77.5 Å². The highest BCUT2D eigenvalue weighted by Gasteiger charge is 2.29. The van der Waals surface area contributed by atoms with Crippen LogP contribution in [0.25, 0.3) is 38.6 Å². The maximum absolute atomic E-state index is 13.5. The summed E-state index contributed by atoms with van der Waals surface area (Å²) in [6.45, 7) is 4.75. The van der Waals surface area contributed by atoms with Crippen LogP contribution in [0, 0.1) is 0 Å². The first-order chi connectivity index (χ1) is 27.5. The van der Waals surface area contributed by atoms with Gasteiger partial charge in [-0.2, -0.15) is 10.2 Å². The van der Waals surface area contributed by atoms with Gasteiger partial charge in [-0.3, -0.25) is 9.69 Å². The van der Waals surface area contributed by atoms with E-state index >= 15 is 0 Å². The number of anilines is 1. The van der Waals surface area contributed by atoms with E-state index in [1.165, 1.54) is 33.0 Å². The zero-order chi connectivity index (χ0) is 38.0. The molecule has 9 rings (SSSR count). The molecule has 56 heavy (non-hydrogen) atoms. The Morgan fingerprint density at radius 1 is 0.982 bits per heavy atom. The van der Waals surface area contributed by atoms with Gasteiger partial charge in [0, 0.05) is 55.8 Å². The molecule has 282 valence electrons. The molecule has 1 amide bonds. The van der Waals surface area contributed by atoms with E-state index < -0.39 is 0 Å². The fourth-order valence-corrected chi connectivity index (χ4v) is 8.46. The summed E-state index contributed by atoms with van der Waals surface area (Å²) in [5.74, 6) is 1.42. The molecule has 1 fully saturated rings. The molecule has 0 bridgehead atoms. The Bertz CT molecular complexity index is 2530. The highest BCUT2D eigenvalue weighted by atomic mass is 35.5. The standard InChI is InChI=1S/C45H42ClN7O3/c1-55-42-16-9-28(23-39(42)46)26-48-44-38(45(54)47-17-18-53-19-21-56-22-20-53)27-49-43(50-44)31-11-10-30-24-41(52-51-40(30)25-31)37-8-4-7-33-35-13-12-29-5-2-3-6-32(29)34(35)14-15-36(33)37/h2-7,9-13,16,23-25,27,37H,8,14-15,17-22,26H2,1H3,(H,47,54)(H,48,49,50). The number of nitrogens with one attached hydrogen (secondary N) is 2. The quantitative estimate of drug-likeness (QED) is 0.143. The number of ether oxygens (including phenoxy) is 2. The summed E-state index contributed by atoms with van der Waals surface area (Å²) in [5, 5.41) is 20.1. The molecule has 1 atom stereocenters.